The average Bonchev–Trinajstić information content (AvgIpc) is 2.46. The molecule has 0 saturated heterocycles. The molecule has 4 nitrogen and oxygen atoms in total. The van der Waals surface area contributed by atoms with Crippen LogP contribution in [0.2, 0.25) is 0 Å². The molecule has 0 atom stereocenters. The third-order valence-corrected chi connectivity index (χ3v) is 5.58. The van der Waals surface area contributed by atoms with Crippen molar-refractivity contribution < 1.29 is 26.4 Å². The molecule has 1 aromatic carbocycles. The fraction of sp³-hybridized carbons (Fsp3) is 0.533. The Morgan fingerprint density at radius 1 is 1.17 bits per heavy atom. The maximum Gasteiger partial charge on any atom is 0.391 e. The molecule has 0 radical (unpaired) electrons. The first kappa shape index (κ1) is 17.9. The van der Waals surface area contributed by atoms with E-state index in [1.807, 2.05) is 0 Å². The molecule has 1 aromatic rings. The number of ketones is 1. The maximum atomic E-state index is 12.6. The van der Waals surface area contributed by atoms with Gasteiger partial charge in [0.1, 0.15) is 0 Å². The van der Waals surface area contributed by atoms with Gasteiger partial charge in [-0.15, -0.1) is 0 Å². The van der Waals surface area contributed by atoms with Gasteiger partial charge in [-0.25, -0.2) is 13.1 Å². The molecule has 0 bridgehead atoms. The molecule has 1 N–H and O–H groups in total. The smallest absolute Gasteiger partial charge is 0.295 e. The number of rotatable bonds is 4. The summed E-state index contributed by atoms with van der Waals surface area (Å²) in [4.78, 5) is 11.3. The predicted octanol–water partition coefficient (Wildman–Crippen LogP) is 3.29. The first-order chi connectivity index (χ1) is 10.6. The van der Waals surface area contributed by atoms with Gasteiger partial charge in [0.2, 0.25) is 10.0 Å². The number of halogens is 3. The van der Waals surface area contributed by atoms with Gasteiger partial charge in [-0.3, -0.25) is 4.79 Å². The molecule has 23 heavy (non-hydrogen) atoms. The Morgan fingerprint density at radius 3 is 2.30 bits per heavy atom. The Kier molecular flexibility index (Phi) is 5.15. The number of hydrogen-bond acceptors (Lipinski definition) is 3. The molecule has 0 unspecified atom stereocenters. The Morgan fingerprint density at radius 2 is 1.78 bits per heavy atom. The van der Waals surface area contributed by atoms with Crippen LogP contribution in [-0.4, -0.2) is 26.4 Å². The highest BCUT2D eigenvalue weighted by Crippen LogP contribution is 2.37. The molecule has 1 aliphatic carbocycles. The number of hydrogen-bond donors (Lipinski definition) is 1. The Balaban J connectivity index is 2.05. The minimum atomic E-state index is -4.22. The molecule has 128 valence electrons. The molecule has 8 heteroatoms. The van der Waals surface area contributed by atoms with Crippen LogP contribution in [0, 0.1) is 5.92 Å². The van der Waals surface area contributed by atoms with E-state index in [0.29, 0.717) is 0 Å². The normalized spacial score (nSPS) is 22.8. The number of alkyl halides is 3. The molecular formula is C15H18F3NO3S. The predicted molar refractivity (Wildman–Crippen MR) is 78.6 cm³/mol. The van der Waals surface area contributed by atoms with E-state index in [1.54, 1.807) is 0 Å². The topological polar surface area (TPSA) is 63.2 Å². The lowest BCUT2D eigenvalue weighted by Gasteiger charge is -2.30. The van der Waals surface area contributed by atoms with Gasteiger partial charge in [0, 0.05) is 11.6 Å². The molecule has 2 rings (SSSR count). The third kappa shape index (κ3) is 4.54. The minimum absolute atomic E-state index is 0.0526. The largest absolute Gasteiger partial charge is 0.391 e. The summed E-state index contributed by atoms with van der Waals surface area (Å²) >= 11 is 0. The fourth-order valence-corrected chi connectivity index (χ4v) is 4.06. The van der Waals surface area contributed by atoms with E-state index in [9.17, 15) is 26.4 Å². The molecule has 1 aliphatic rings. The van der Waals surface area contributed by atoms with Gasteiger partial charge in [0.05, 0.1) is 10.8 Å². The van der Waals surface area contributed by atoms with E-state index in [1.165, 1.54) is 31.2 Å². The first-order valence-corrected chi connectivity index (χ1v) is 8.78. The molecule has 0 aliphatic heterocycles. The Hall–Kier alpha value is -1.41. The summed E-state index contributed by atoms with van der Waals surface area (Å²) in [6.07, 6.45) is -4.08. The monoisotopic (exact) mass is 349 g/mol. The number of Topliss-reactive ketones (excluding diaryl/α,β-unsaturated/α-hetero) is 1. The highest BCUT2D eigenvalue weighted by molar-refractivity contribution is 7.89. The van der Waals surface area contributed by atoms with Crippen LogP contribution in [0.5, 0.6) is 0 Å². The summed E-state index contributed by atoms with van der Waals surface area (Å²) in [5, 5.41) is 0. The summed E-state index contributed by atoms with van der Waals surface area (Å²) in [5.41, 5.74) is 0.272. The molecule has 1 fully saturated rings. The average molecular weight is 349 g/mol. The van der Waals surface area contributed by atoms with E-state index in [2.05, 4.69) is 4.72 Å². The molecule has 1 saturated carbocycles. The van der Waals surface area contributed by atoms with Crippen LogP contribution in [-0.2, 0) is 10.0 Å². The van der Waals surface area contributed by atoms with Gasteiger partial charge in [-0.2, -0.15) is 13.2 Å². The molecule has 0 aromatic heterocycles. The van der Waals surface area contributed by atoms with E-state index >= 15 is 0 Å². The quantitative estimate of drug-likeness (QED) is 0.849. The Labute approximate surface area is 133 Å². The second kappa shape index (κ2) is 6.60. The van der Waals surface area contributed by atoms with Crippen molar-refractivity contribution in [2.45, 2.75) is 49.7 Å². The standard InChI is InChI=1S/C15H18F3NO3S/c1-10(20)11-3-2-4-14(9-11)23(21,22)19-13-7-5-12(6-8-13)15(16,17)18/h2-4,9,12-13,19H,5-8H2,1H3. The van der Waals surface area contributed by atoms with Crippen molar-refractivity contribution in [3.8, 4) is 0 Å². The SMILES string of the molecule is CC(=O)c1cccc(S(=O)(=O)NC2CCC(C(F)(F)F)CC2)c1. The number of carbonyl (C=O) groups excluding carboxylic acids is 1. The summed E-state index contributed by atoms with van der Waals surface area (Å²) < 4.78 is 64.9. The molecule has 0 spiro atoms. The zero-order valence-electron chi connectivity index (χ0n) is 12.6. The zero-order chi connectivity index (χ0) is 17.3. The Bertz CT molecular complexity index is 677. The lowest BCUT2D eigenvalue weighted by molar-refractivity contribution is -0.182. The lowest BCUT2D eigenvalue weighted by Crippen LogP contribution is -2.40. The van der Waals surface area contributed by atoms with Crippen molar-refractivity contribution in [3.63, 3.8) is 0 Å². The lowest BCUT2D eigenvalue weighted by atomic mass is 9.86. The number of nitrogens with one attached hydrogen (secondary N) is 1. The maximum absolute atomic E-state index is 12.6. The van der Waals surface area contributed by atoms with E-state index in [4.69, 9.17) is 0 Å². The van der Waals surface area contributed by atoms with Crippen molar-refractivity contribution >= 4 is 15.8 Å². The summed E-state index contributed by atoms with van der Waals surface area (Å²) in [6, 6.07) is 5.09. The van der Waals surface area contributed by atoms with Gasteiger partial charge in [0.25, 0.3) is 0 Å². The van der Waals surface area contributed by atoms with Gasteiger partial charge < -0.3 is 0 Å². The molecular weight excluding hydrogens is 331 g/mol. The summed E-state index contributed by atoms with van der Waals surface area (Å²) in [7, 11) is -3.85. The van der Waals surface area contributed by atoms with Crippen LogP contribution in [0.15, 0.2) is 29.2 Å². The van der Waals surface area contributed by atoms with Crippen molar-refractivity contribution in [3.05, 3.63) is 29.8 Å². The van der Waals surface area contributed by atoms with E-state index in [-0.39, 0.29) is 41.9 Å². The number of benzene rings is 1. The molecule has 0 amide bonds. The van der Waals surface area contributed by atoms with Crippen molar-refractivity contribution in [2.24, 2.45) is 5.92 Å². The van der Waals surface area contributed by atoms with Gasteiger partial charge >= 0.3 is 6.18 Å². The minimum Gasteiger partial charge on any atom is -0.295 e. The van der Waals surface area contributed by atoms with Gasteiger partial charge in [0.15, 0.2) is 5.78 Å². The van der Waals surface area contributed by atoms with Crippen LogP contribution in [0.3, 0.4) is 0 Å². The second-order valence-corrected chi connectivity index (χ2v) is 7.51. The number of carbonyl (C=O) groups is 1. The van der Waals surface area contributed by atoms with Crippen molar-refractivity contribution in [1.29, 1.82) is 0 Å². The highest BCUT2D eigenvalue weighted by Gasteiger charge is 2.41. The second-order valence-electron chi connectivity index (χ2n) is 5.80. The summed E-state index contributed by atoms with van der Waals surface area (Å²) in [5.74, 6) is -1.61. The van der Waals surface area contributed by atoms with E-state index in [0.717, 1.165) is 0 Å². The van der Waals surface area contributed by atoms with Crippen LogP contribution in [0.1, 0.15) is 43.0 Å². The first-order valence-electron chi connectivity index (χ1n) is 7.29. The fourth-order valence-electron chi connectivity index (χ4n) is 2.71. The number of sulfonamides is 1. The van der Waals surface area contributed by atoms with Crippen molar-refractivity contribution in [2.75, 3.05) is 0 Å². The van der Waals surface area contributed by atoms with Crippen LogP contribution in [0.4, 0.5) is 13.2 Å². The van der Waals surface area contributed by atoms with Crippen LogP contribution >= 0.6 is 0 Å². The van der Waals surface area contributed by atoms with Crippen LogP contribution in [0.25, 0.3) is 0 Å². The van der Waals surface area contributed by atoms with Gasteiger partial charge in [-0.1, -0.05) is 12.1 Å². The highest BCUT2D eigenvalue weighted by atomic mass is 32.2. The summed E-state index contributed by atoms with van der Waals surface area (Å²) in [6.45, 7) is 1.33. The van der Waals surface area contributed by atoms with E-state index < -0.39 is 28.2 Å². The van der Waals surface area contributed by atoms with Gasteiger partial charge in [-0.05, 0) is 44.7 Å². The zero-order valence-corrected chi connectivity index (χ0v) is 13.4. The third-order valence-electron chi connectivity index (χ3n) is 4.06. The van der Waals surface area contributed by atoms with Crippen molar-refractivity contribution in [1.82, 2.24) is 4.72 Å². The molecule has 0 heterocycles. The van der Waals surface area contributed by atoms with Crippen LogP contribution < -0.4 is 4.72 Å².